The smallest absolute Gasteiger partial charge is 0.221 e. The van der Waals surface area contributed by atoms with Crippen LogP contribution in [-0.2, 0) is 24.1 Å². The summed E-state index contributed by atoms with van der Waals surface area (Å²) in [5, 5.41) is 0. The first-order valence-corrected chi connectivity index (χ1v) is 6.38. The van der Waals surface area contributed by atoms with E-state index in [9.17, 15) is 4.79 Å². The average Bonchev–Trinajstić information content (AvgIpc) is 2.57. The van der Waals surface area contributed by atoms with Crippen LogP contribution in [0.3, 0.4) is 0 Å². The number of aryl methyl sites for hydroxylation is 2. The molecule has 3 rings (SSSR count). The fourth-order valence-electron chi connectivity index (χ4n) is 2.44. The summed E-state index contributed by atoms with van der Waals surface area (Å²) in [6.07, 6.45) is 2.14. The monoisotopic (exact) mass is 253 g/mol. The highest BCUT2D eigenvalue weighted by Crippen LogP contribution is 2.33. The minimum atomic E-state index is -0.308. The highest BCUT2D eigenvalue weighted by Gasteiger charge is 2.14. The van der Waals surface area contributed by atoms with Gasteiger partial charge in [-0.05, 0) is 41.7 Å². The van der Waals surface area contributed by atoms with Crippen molar-refractivity contribution in [3.8, 4) is 11.5 Å². The summed E-state index contributed by atoms with van der Waals surface area (Å²) in [6.45, 7) is 0. The van der Waals surface area contributed by atoms with E-state index < -0.39 is 0 Å². The standard InChI is InChI=1S/C16H15NO2/c17-16(18)10-11-5-8-15-13(9-11)7-6-12-3-1-2-4-14(12)19-15/h1-5,8-9H,6-7,10H2,(H2,17,18). The molecule has 3 nitrogen and oxygen atoms in total. The first-order valence-electron chi connectivity index (χ1n) is 6.38. The van der Waals surface area contributed by atoms with Crippen molar-refractivity contribution in [2.75, 3.05) is 0 Å². The van der Waals surface area contributed by atoms with Gasteiger partial charge in [-0.25, -0.2) is 0 Å². The lowest BCUT2D eigenvalue weighted by Crippen LogP contribution is -2.13. The van der Waals surface area contributed by atoms with Gasteiger partial charge in [-0.15, -0.1) is 0 Å². The molecule has 0 atom stereocenters. The fourth-order valence-corrected chi connectivity index (χ4v) is 2.44. The summed E-state index contributed by atoms with van der Waals surface area (Å²) in [5.74, 6) is 1.49. The van der Waals surface area contributed by atoms with Crippen molar-refractivity contribution in [1.29, 1.82) is 0 Å². The second-order valence-electron chi connectivity index (χ2n) is 4.79. The second-order valence-corrected chi connectivity index (χ2v) is 4.79. The molecule has 0 saturated carbocycles. The summed E-state index contributed by atoms with van der Waals surface area (Å²) < 4.78 is 5.95. The predicted molar refractivity (Wildman–Crippen MR) is 73.3 cm³/mol. The van der Waals surface area contributed by atoms with E-state index in [4.69, 9.17) is 10.5 Å². The van der Waals surface area contributed by atoms with E-state index in [1.54, 1.807) is 0 Å². The maximum absolute atomic E-state index is 11.0. The van der Waals surface area contributed by atoms with Gasteiger partial charge in [-0.3, -0.25) is 4.79 Å². The van der Waals surface area contributed by atoms with Crippen molar-refractivity contribution in [3.05, 3.63) is 59.2 Å². The van der Waals surface area contributed by atoms with Crippen LogP contribution >= 0.6 is 0 Å². The molecule has 2 aromatic carbocycles. The number of rotatable bonds is 2. The number of carbonyl (C=O) groups excluding carboxylic acids is 1. The first-order chi connectivity index (χ1) is 9.22. The molecule has 0 unspecified atom stereocenters. The van der Waals surface area contributed by atoms with Gasteiger partial charge in [0.25, 0.3) is 0 Å². The number of amides is 1. The molecule has 0 saturated heterocycles. The third-order valence-electron chi connectivity index (χ3n) is 3.36. The molecule has 1 amide bonds. The zero-order valence-corrected chi connectivity index (χ0v) is 10.6. The van der Waals surface area contributed by atoms with Crippen molar-refractivity contribution in [3.63, 3.8) is 0 Å². The van der Waals surface area contributed by atoms with Gasteiger partial charge in [-0.2, -0.15) is 0 Å². The van der Waals surface area contributed by atoms with E-state index in [2.05, 4.69) is 6.07 Å². The van der Waals surface area contributed by atoms with Crippen molar-refractivity contribution < 1.29 is 9.53 Å². The van der Waals surface area contributed by atoms with Crippen LogP contribution in [0.25, 0.3) is 0 Å². The maximum atomic E-state index is 11.0. The van der Waals surface area contributed by atoms with Crippen LogP contribution in [0.1, 0.15) is 16.7 Å². The van der Waals surface area contributed by atoms with Crippen molar-refractivity contribution >= 4 is 5.91 Å². The molecule has 0 fully saturated rings. The number of para-hydroxylation sites is 1. The molecule has 1 heterocycles. The van der Waals surface area contributed by atoms with E-state index in [0.717, 1.165) is 35.5 Å². The van der Waals surface area contributed by atoms with E-state index >= 15 is 0 Å². The number of primary amides is 1. The zero-order valence-electron chi connectivity index (χ0n) is 10.6. The van der Waals surface area contributed by atoms with Gasteiger partial charge in [0.15, 0.2) is 0 Å². The van der Waals surface area contributed by atoms with Gasteiger partial charge < -0.3 is 10.5 Å². The zero-order chi connectivity index (χ0) is 13.2. The summed E-state index contributed by atoms with van der Waals surface area (Å²) in [4.78, 5) is 11.0. The van der Waals surface area contributed by atoms with Crippen molar-refractivity contribution in [1.82, 2.24) is 0 Å². The minimum Gasteiger partial charge on any atom is -0.457 e. The molecule has 0 aliphatic carbocycles. The van der Waals surface area contributed by atoms with Crippen LogP contribution in [0, 0.1) is 0 Å². The molecular weight excluding hydrogens is 238 g/mol. The SMILES string of the molecule is NC(=O)Cc1ccc2c(c1)CCc1ccccc1O2. The van der Waals surface area contributed by atoms with Crippen LogP contribution in [0.5, 0.6) is 11.5 Å². The number of ether oxygens (including phenoxy) is 1. The number of hydrogen-bond acceptors (Lipinski definition) is 2. The summed E-state index contributed by atoms with van der Waals surface area (Å²) >= 11 is 0. The van der Waals surface area contributed by atoms with Gasteiger partial charge in [0.05, 0.1) is 6.42 Å². The van der Waals surface area contributed by atoms with E-state index in [1.165, 1.54) is 5.56 Å². The minimum absolute atomic E-state index is 0.278. The predicted octanol–water partition coefficient (Wildman–Crippen LogP) is 2.61. The molecule has 0 aromatic heterocycles. The van der Waals surface area contributed by atoms with Crippen LogP contribution in [0.4, 0.5) is 0 Å². The normalized spacial score (nSPS) is 12.8. The topological polar surface area (TPSA) is 52.3 Å². The Hall–Kier alpha value is -2.29. The highest BCUT2D eigenvalue weighted by molar-refractivity contribution is 5.76. The molecule has 0 bridgehead atoms. The molecule has 2 aromatic rings. The molecule has 19 heavy (non-hydrogen) atoms. The third-order valence-corrected chi connectivity index (χ3v) is 3.36. The number of hydrogen-bond donors (Lipinski definition) is 1. The van der Waals surface area contributed by atoms with Crippen LogP contribution in [-0.4, -0.2) is 5.91 Å². The lowest BCUT2D eigenvalue weighted by Gasteiger charge is -2.09. The average molecular weight is 253 g/mol. The largest absolute Gasteiger partial charge is 0.457 e. The second kappa shape index (κ2) is 4.76. The molecule has 1 aliphatic rings. The Balaban J connectivity index is 1.95. The molecule has 1 aliphatic heterocycles. The molecule has 3 heteroatoms. The molecule has 0 radical (unpaired) electrons. The Kier molecular flexibility index (Phi) is 2.95. The Morgan fingerprint density at radius 2 is 1.79 bits per heavy atom. The summed E-state index contributed by atoms with van der Waals surface area (Å²) in [6, 6.07) is 13.9. The van der Waals surface area contributed by atoms with E-state index in [1.807, 2.05) is 36.4 Å². The molecule has 2 N–H and O–H groups in total. The van der Waals surface area contributed by atoms with Crippen LogP contribution in [0.2, 0.25) is 0 Å². The van der Waals surface area contributed by atoms with Gasteiger partial charge in [-0.1, -0.05) is 30.3 Å². The highest BCUT2D eigenvalue weighted by atomic mass is 16.5. The van der Waals surface area contributed by atoms with Crippen LogP contribution < -0.4 is 10.5 Å². The molecular formula is C16H15NO2. The summed E-state index contributed by atoms with van der Waals surface area (Å²) in [5.41, 5.74) is 8.53. The van der Waals surface area contributed by atoms with Gasteiger partial charge >= 0.3 is 0 Å². The van der Waals surface area contributed by atoms with Crippen molar-refractivity contribution in [2.24, 2.45) is 5.73 Å². The third kappa shape index (κ3) is 2.45. The number of carbonyl (C=O) groups is 1. The molecule has 96 valence electrons. The number of nitrogens with two attached hydrogens (primary N) is 1. The quantitative estimate of drug-likeness (QED) is 0.894. The first kappa shape index (κ1) is 11.8. The van der Waals surface area contributed by atoms with E-state index in [0.29, 0.717) is 0 Å². The Labute approximate surface area is 112 Å². The number of benzene rings is 2. The Bertz CT molecular complexity index is 634. The lowest BCUT2D eigenvalue weighted by atomic mass is 10.0. The van der Waals surface area contributed by atoms with Gasteiger partial charge in [0.2, 0.25) is 5.91 Å². The van der Waals surface area contributed by atoms with Gasteiger partial charge in [0.1, 0.15) is 11.5 Å². The Morgan fingerprint density at radius 1 is 1.05 bits per heavy atom. The van der Waals surface area contributed by atoms with Gasteiger partial charge in [0, 0.05) is 0 Å². The molecule has 0 spiro atoms. The van der Waals surface area contributed by atoms with E-state index in [-0.39, 0.29) is 12.3 Å². The Morgan fingerprint density at radius 3 is 2.63 bits per heavy atom. The number of fused-ring (bicyclic) bond motifs is 2. The van der Waals surface area contributed by atoms with Crippen molar-refractivity contribution in [2.45, 2.75) is 19.3 Å². The lowest BCUT2D eigenvalue weighted by molar-refractivity contribution is -0.117. The van der Waals surface area contributed by atoms with Crippen LogP contribution in [0.15, 0.2) is 42.5 Å². The maximum Gasteiger partial charge on any atom is 0.221 e. The fraction of sp³-hybridized carbons (Fsp3) is 0.188. The summed E-state index contributed by atoms with van der Waals surface area (Å²) in [7, 11) is 0.